The van der Waals surface area contributed by atoms with Crippen molar-refractivity contribution >= 4 is 31.2 Å². The Labute approximate surface area is 136 Å². The zero-order valence-corrected chi connectivity index (χ0v) is 13.8. The van der Waals surface area contributed by atoms with Crippen molar-refractivity contribution in [3.05, 3.63) is 66.2 Å². The zero-order valence-electron chi connectivity index (χ0n) is 12.1. The quantitative estimate of drug-likeness (QED) is 0.600. The predicted octanol–water partition coefficient (Wildman–Crippen LogP) is 1.21. The van der Waals surface area contributed by atoms with Crippen LogP contribution in [0.15, 0.2) is 60.7 Å². The molecule has 2 aromatic carbocycles. The summed E-state index contributed by atoms with van der Waals surface area (Å²) in [5.74, 6) is -0.368. The van der Waals surface area contributed by atoms with Gasteiger partial charge in [0.05, 0.1) is 0 Å². The zero-order chi connectivity index (χ0) is 15.6. The summed E-state index contributed by atoms with van der Waals surface area (Å²) in [6.07, 6.45) is 0.676. The van der Waals surface area contributed by atoms with Crippen LogP contribution in [0.3, 0.4) is 0 Å². The molecule has 0 bridgehead atoms. The van der Waals surface area contributed by atoms with Crippen LogP contribution < -0.4 is 15.3 Å². The van der Waals surface area contributed by atoms with Crippen molar-refractivity contribution in [3.63, 3.8) is 0 Å². The van der Waals surface area contributed by atoms with Gasteiger partial charge in [-0.3, -0.25) is 0 Å². The number of hydrogen-bond acceptors (Lipinski definition) is 2. The van der Waals surface area contributed by atoms with Crippen LogP contribution in [0.1, 0.15) is 12.0 Å². The van der Waals surface area contributed by atoms with Crippen molar-refractivity contribution in [2.75, 3.05) is 0 Å². The minimum atomic E-state index is -0.215. The van der Waals surface area contributed by atoms with Crippen molar-refractivity contribution < 1.29 is 9.59 Å². The van der Waals surface area contributed by atoms with E-state index in [1.165, 1.54) is 4.46 Å². The van der Waals surface area contributed by atoms with E-state index < -0.39 is 0 Å². The molecule has 4 nitrogen and oxygen atoms in total. The van der Waals surface area contributed by atoms with Crippen molar-refractivity contribution in [2.24, 2.45) is 0 Å². The third kappa shape index (κ3) is 6.12. The molecule has 0 heterocycles. The molecular weight excluding hydrogens is 343 g/mol. The van der Waals surface area contributed by atoms with Crippen LogP contribution >= 0.6 is 0 Å². The number of benzene rings is 2. The molecule has 0 radical (unpaired) electrons. The van der Waals surface area contributed by atoms with Crippen LogP contribution in [0.5, 0.6) is 0 Å². The Morgan fingerprint density at radius 3 is 2.09 bits per heavy atom. The van der Waals surface area contributed by atoms with Crippen molar-refractivity contribution in [2.45, 2.75) is 18.2 Å². The predicted molar refractivity (Wildman–Crippen MR) is 87.7 cm³/mol. The molecule has 0 aliphatic heterocycles. The molecule has 0 aliphatic rings. The van der Waals surface area contributed by atoms with Crippen LogP contribution in [-0.2, 0) is 16.0 Å². The summed E-state index contributed by atoms with van der Waals surface area (Å²) >= 11 is 0.284. The number of carbonyl (C=O) groups excluding carboxylic acids is 2. The molecule has 22 heavy (non-hydrogen) atoms. The Balaban J connectivity index is 1.62. The van der Waals surface area contributed by atoms with E-state index in [1.54, 1.807) is 0 Å². The normalized spacial score (nSPS) is 10.0. The van der Waals surface area contributed by atoms with E-state index in [2.05, 4.69) is 23.0 Å². The van der Waals surface area contributed by atoms with E-state index in [4.69, 9.17) is 0 Å². The minimum absolute atomic E-state index is 0.154. The molecule has 0 atom stereocenters. The first-order valence-corrected chi connectivity index (χ1v) is 9.10. The monoisotopic (exact) mass is 362 g/mol. The summed E-state index contributed by atoms with van der Waals surface area (Å²) in [4.78, 5) is 23.4. The van der Waals surface area contributed by atoms with E-state index in [1.807, 2.05) is 48.5 Å². The number of carbonyl (C=O) groups is 2. The molecule has 5 heteroatoms. The van der Waals surface area contributed by atoms with Gasteiger partial charge < -0.3 is 0 Å². The molecule has 0 saturated heterocycles. The summed E-state index contributed by atoms with van der Waals surface area (Å²) in [7, 11) is 0. The molecule has 0 aliphatic carbocycles. The second-order valence-corrected chi connectivity index (χ2v) is 7.12. The summed E-state index contributed by atoms with van der Waals surface area (Å²) in [6.45, 7) is 0. The molecule has 0 unspecified atom stereocenters. The number of hydrogen-bond donors (Lipinski definition) is 2. The standard InChI is InChI=1S/C17H18N2O2Se/c20-16(11-12-22-15-9-5-2-6-10-15)18-19-17(21)13-14-7-3-1-4-8-14/h1-10H,11-13H2,(H,18,20)(H,19,21). The average Bonchev–Trinajstić information content (AvgIpc) is 2.55. The molecule has 2 N–H and O–H groups in total. The number of amides is 2. The van der Waals surface area contributed by atoms with Gasteiger partial charge >= 0.3 is 136 Å². The molecule has 0 aromatic heterocycles. The van der Waals surface area contributed by atoms with Gasteiger partial charge in [-0.25, -0.2) is 0 Å². The average molecular weight is 361 g/mol. The first-order chi connectivity index (χ1) is 10.7. The summed E-state index contributed by atoms with van der Waals surface area (Å²) in [5, 5.41) is 0.817. The van der Waals surface area contributed by atoms with Crippen LogP contribution in [0.25, 0.3) is 0 Å². The summed E-state index contributed by atoms with van der Waals surface area (Å²) < 4.78 is 1.27. The Kier molecular flexibility index (Phi) is 6.68. The molecule has 2 amide bonds. The fourth-order valence-electron chi connectivity index (χ4n) is 1.81. The van der Waals surface area contributed by atoms with Gasteiger partial charge in [-0.05, 0) is 0 Å². The fourth-order valence-corrected chi connectivity index (χ4v) is 3.64. The van der Waals surface area contributed by atoms with Crippen LogP contribution in [-0.4, -0.2) is 26.8 Å². The van der Waals surface area contributed by atoms with Crippen LogP contribution in [0.4, 0.5) is 0 Å². The van der Waals surface area contributed by atoms with Gasteiger partial charge in [0.2, 0.25) is 0 Å². The first-order valence-electron chi connectivity index (χ1n) is 7.03. The van der Waals surface area contributed by atoms with Gasteiger partial charge in [0.25, 0.3) is 0 Å². The molecule has 0 spiro atoms. The van der Waals surface area contributed by atoms with Crippen molar-refractivity contribution in [1.82, 2.24) is 10.9 Å². The Morgan fingerprint density at radius 1 is 0.818 bits per heavy atom. The second-order valence-electron chi connectivity index (χ2n) is 4.67. The van der Waals surface area contributed by atoms with E-state index in [0.29, 0.717) is 6.42 Å². The number of nitrogens with one attached hydrogen (secondary N) is 2. The Bertz CT molecular complexity index is 603. The summed E-state index contributed by atoms with van der Waals surface area (Å²) in [5.41, 5.74) is 5.83. The van der Waals surface area contributed by atoms with Crippen LogP contribution in [0, 0.1) is 0 Å². The van der Waals surface area contributed by atoms with Gasteiger partial charge in [-0.15, -0.1) is 0 Å². The third-order valence-electron chi connectivity index (χ3n) is 2.89. The number of hydrazine groups is 1. The topological polar surface area (TPSA) is 58.2 Å². The van der Waals surface area contributed by atoms with E-state index in [-0.39, 0.29) is 33.2 Å². The number of rotatable bonds is 6. The van der Waals surface area contributed by atoms with Gasteiger partial charge in [-0.2, -0.15) is 0 Å². The fraction of sp³-hybridized carbons (Fsp3) is 0.176. The third-order valence-corrected chi connectivity index (χ3v) is 5.02. The Morgan fingerprint density at radius 2 is 1.41 bits per heavy atom. The maximum absolute atomic E-state index is 11.7. The molecule has 0 fully saturated rings. The maximum atomic E-state index is 11.7. The summed E-state index contributed by atoms with van der Waals surface area (Å²) in [6, 6.07) is 19.5. The van der Waals surface area contributed by atoms with Crippen molar-refractivity contribution in [1.29, 1.82) is 0 Å². The van der Waals surface area contributed by atoms with Crippen LogP contribution in [0.2, 0.25) is 5.32 Å². The van der Waals surface area contributed by atoms with Gasteiger partial charge in [-0.1, -0.05) is 0 Å². The molecule has 2 rings (SSSR count). The molecular formula is C17H18N2O2Se. The van der Waals surface area contributed by atoms with E-state index in [0.717, 1.165) is 10.9 Å². The van der Waals surface area contributed by atoms with E-state index >= 15 is 0 Å². The first kappa shape index (κ1) is 16.3. The van der Waals surface area contributed by atoms with Gasteiger partial charge in [0.1, 0.15) is 0 Å². The second kappa shape index (κ2) is 9.03. The van der Waals surface area contributed by atoms with E-state index in [9.17, 15) is 9.59 Å². The Hall–Kier alpha value is -2.10. The van der Waals surface area contributed by atoms with Gasteiger partial charge in [0, 0.05) is 0 Å². The molecule has 114 valence electrons. The SMILES string of the molecule is O=C(CC[Se]c1ccccc1)NNC(=O)Cc1ccccc1. The molecule has 0 saturated carbocycles. The molecule has 2 aromatic rings. The van der Waals surface area contributed by atoms with Crippen molar-refractivity contribution in [3.8, 4) is 0 Å². The van der Waals surface area contributed by atoms with Gasteiger partial charge in [0.15, 0.2) is 0 Å².